The van der Waals surface area contributed by atoms with Crippen LogP contribution >= 0.6 is 11.3 Å². The van der Waals surface area contributed by atoms with E-state index in [1.807, 2.05) is 0 Å². The molecule has 21 heavy (non-hydrogen) atoms. The summed E-state index contributed by atoms with van der Waals surface area (Å²) in [7, 11) is 0. The first kappa shape index (κ1) is 13.8. The van der Waals surface area contributed by atoms with E-state index in [4.69, 9.17) is 5.73 Å². The third kappa shape index (κ3) is 2.56. The fourth-order valence-corrected chi connectivity index (χ4v) is 2.96. The van der Waals surface area contributed by atoms with Crippen LogP contribution in [0.2, 0.25) is 0 Å². The number of alkyl halides is 3. The lowest BCUT2D eigenvalue weighted by molar-refractivity contribution is -0.137. The molecule has 3 aromatic rings. The zero-order valence-electron chi connectivity index (χ0n) is 10.4. The van der Waals surface area contributed by atoms with Crippen molar-refractivity contribution in [1.29, 1.82) is 0 Å². The molecule has 0 aliphatic rings. The Morgan fingerprint density at radius 3 is 2.52 bits per heavy atom. The van der Waals surface area contributed by atoms with Crippen LogP contribution in [-0.4, -0.2) is 4.98 Å². The van der Waals surface area contributed by atoms with Crippen LogP contribution < -0.4 is 5.73 Å². The second-order valence-corrected chi connectivity index (χ2v) is 5.46. The van der Waals surface area contributed by atoms with E-state index in [1.54, 1.807) is 0 Å². The minimum Gasteiger partial charge on any atom is -0.398 e. The van der Waals surface area contributed by atoms with E-state index >= 15 is 0 Å². The van der Waals surface area contributed by atoms with Crippen LogP contribution in [0.15, 0.2) is 36.4 Å². The molecule has 0 amide bonds. The Bertz CT molecular complexity index is 823. The van der Waals surface area contributed by atoms with Crippen molar-refractivity contribution < 1.29 is 17.6 Å². The molecule has 0 atom stereocenters. The predicted molar refractivity (Wildman–Crippen MR) is 74.4 cm³/mol. The molecule has 108 valence electrons. The number of nitrogens with zero attached hydrogens (tertiary/aromatic N) is 1. The molecular formula is C14H8F4N2S. The smallest absolute Gasteiger partial charge is 0.398 e. The van der Waals surface area contributed by atoms with Gasteiger partial charge in [0.05, 0.1) is 15.8 Å². The van der Waals surface area contributed by atoms with Gasteiger partial charge in [0.2, 0.25) is 0 Å². The molecule has 0 unspecified atom stereocenters. The third-order valence-electron chi connectivity index (χ3n) is 2.96. The van der Waals surface area contributed by atoms with Crippen LogP contribution in [0.3, 0.4) is 0 Å². The zero-order chi connectivity index (χ0) is 15.2. The largest absolute Gasteiger partial charge is 0.416 e. The SMILES string of the molecule is Nc1ccc(C(F)(F)F)cc1-c1nc2ccc(F)cc2s1. The highest BCUT2D eigenvalue weighted by atomic mass is 32.1. The fraction of sp³-hybridized carbons (Fsp3) is 0.0714. The predicted octanol–water partition coefficient (Wildman–Crippen LogP) is 4.70. The van der Waals surface area contributed by atoms with Gasteiger partial charge in [-0.1, -0.05) is 0 Å². The molecule has 0 fully saturated rings. The van der Waals surface area contributed by atoms with Crippen LogP contribution in [0, 0.1) is 5.82 Å². The molecule has 2 N–H and O–H groups in total. The molecule has 0 saturated carbocycles. The number of nitrogens with two attached hydrogens (primary N) is 1. The van der Waals surface area contributed by atoms with Gasteiger partial charge < -0.3 is 5.73 Å². The Balaban J connectivity index is 2.17. The molecule has 0 spiro atoms. The Hall–Kier alpha value is -2.15. The third-order valence-corrected chi connectivity index (χ3v) is 4.01. The van der Waals surface area contributed by atoms with E-state index in [1.165, 1.54) is 24.3 Å². The second kappa shape index (κ2) is 4.70. The van der Waals surface area contributed by atoms with Crippen LogP contribution in [0.25, 0.3) is 20.8 Å². The molecule has 0 saturated heterocycles. The van der Waals surface area contributed by atoms with Crippen LogP contribution in [-0.2, 0) is 6.18 Å². The van der Waals surface area contributed by atoms with Gasteiger partial charge in [-0.2, -0.15) is 13.2 Å². The van der Waals surface area contributed by atoms with Gasteiger partial charge in [0, 0.05) is 11.3 Å². The highest BCUT2D eigenvalue weighted by molar-refractivity contribution is 7.21. The zero-order valence-corrected chi connectivity index (χ0v) is 11.2. The average Bonchev–Trinajstić information content (AvgIpc) is 2.80. The lowest BCUT2D eigenvalue weighted by atomic mass is 10.1. The first-order valence-corrected chi connectivity index (χ1v) is 6.69. The minimum absolute atomic E-state index is 0.197. The lowest BCUT2D eigenvalue weighted by Crippen LogP contribution is -2.05. The van der Waals surface area contributed by atoms with Gasteiger partial charge in [-0.25, -0.2) is 9.37 Å². The Labute approximate surface area is 120 Å². The van der Waals surface area contributed by atoms with E-state index in [0.717, 1.165) is 23.5 Å². The van der Waals surface area contributed by atoms with E-state index in [-0.39, 0.29) is 11.3 Å². The maximum absolute atomic E-state index is 13.2. The first-order valence-electron chi connectivity index (χ1n) is 5.88. The lowest BCUT2D eigenvalue weighted by Gasteiger charge is -2.09. The summed E-state index contributed by atoms with van der Waals surface area (Å²) >= 11 is 1.10. The molecule has 2 nitrogen and oxygen atoms in total. The van der Waals surface area contributed by atoms with Crippen molar-refractivity contribution in [2.75, 3.05) is 5.73 Å². The Morgan fingerprint density at radius 2 is 1.81 bits per heavy atom. The van der Waals surface area contributed by atoms with Gasteiger partial charge in [0.15, 0.2) is 0 Å². The molecule has 3 rings (SSSR count). The number of aromatic nitrogens is 1. The van der Waals surface area contributed by atoms with Gasteiger partial charge in [0.1, 0.15) is 10.8 Å². The van der Waals surface area contributed by atoms with Crippen molar-refractivity contribution in [3.05, 3.63) is 47.8 Å². The Morgan fingerprint density at radius 1 is 1.05 bits per heavy atom. The van der Waals surface area contributed by atoms with Gasteiger partial charge in [-0.15, -0.1) is 11.3 Å². The highest BCUT2D eigenvalue weighted by Gasteiger charge is 2.31. The van der Waals surface area contributed by atoms with Crippen molar-refractivity contribution in [1.82, 2.24) is 4.98 Å². The first-order chi connectivity index (χ1) is 9.84. The maximum Gasteiger partial charge on any atom is 0.416 e. The van der Waals surface area contributed by atoms with Gasteiger partial charge >= 0.3 is 6.18 Å². The summed E-state index contributed by atoms with van der Waals surface area (Å²) in [5.41, 5.74) is 5.87. The van der Waals surface area contributed by atoms with E-state index in [2.05, 4.69) is 4.98 Å². The summed E-state index contributed by atoms with van der Waals surface area (Å²) in [6.45, 7) is 0. The summed E-state index contributed by atoms with van der Waals surface area (Å²) < 4.78 is 52.0. The van der Waals surface area contributed by atoms with Crippen molar-refractivity contribution in [2.24, 2.45) is 0 Å². The molecule has 0 bridgehead atoms. The summed E-state index contributed by atoms with van der Waals surface area (Å²) in [6, 6.07) is 7.11. The topological polar surface area (TPSA) is 38.9 Å². The summed E-state index contributed by atoms with van der Waals surface area (Å²) in [5, 5.41) is 0.333. The van der Waals surface area contributed by atoms with Crippen LogP contribution in [0.5, 0.6) is 0 Å². The number of benzene rings is 2. The van der Waals surface area contributed by atoms with Crippen LogP contribution in [0.4, 0.5) is 23.2 Å². The molecule has 2 aromatic carbocycles. The minimum atomic E-state index is -4.45. The fourth-order valence-electron chi connectivity index (χ4n) is 1.93. The maximum atomic E-state index is 13.2. The van der Waals surface area contributed by atoms with Crippen molar-refractivity contribution in [3.8, 4) is 10.6 Å². The van der Waals surface area contributed by atoms with E-state index in [9.17, 15) is 17.6 Å². The molecule has 1 heterocycles. The number of thiazole rings is 1. The molecule has 0 radical (unpaired) electrons. The van der Waals surface area contributed by atoms with Crippen molar-refractivity contribution in [3.63, 3.8) is 0 Å². The summed E-state index contributed by atoms with van der Waals surface area (Å²) in [4.78, 5) is 4.21. The van der Waals surface area contributed by atoms with Crippen molar-refractivity contribution >= 4 is 27.2 Å². The molecule has 0 aliphatic carbocycles. The highest BCUT2D eigenvalue weighted by Crippen LogP contribution is 2.38. The standard InChI is InChI=1S/C14H8F4N2S/c15-8-2-4-11-12(6-8)21-13(20-11)9-5-7(14(16,17)18)1-3-10(9)19/h1-6H,19H2. The second-order valence-electron chi connectivity index (χ2n) is 4.43. The number of anilines is 1. The van der Waals surface area contributed by atoms with Crippen molar-refractivity contribution in [2.45, 2.75) is 6.18 Å². The molecule has 1 aromatic heterocycles. The van der Waals surface area contributed by atoms with Gasteiger partial charge in [-0.3, -0.25) is 0 Å². The Kier molecular flexibility index (Phi) is 3.09. The number of hydrogen-bond acceptors (Lipinski definition) is 3. The number of halogens is 4. The quantitative estimate of drug-likeness (QED) is 0.522. The number of fused-ring (bicyclic) bond motifs is 1. The van der Waals surface area contributed by atoms with Crippen LogP contribution in [0.1, 0.15) is 5.56 Å². The molecular weight excluding hydrogens is 304 g/mol. The van der Waals surface area contributed by atoms with E-state index < -0.39 is 17.6 Å². The monoisotopic (exact) mass is 312 g/mol. The summed E-state index contributed by atoms with van der Waals surface area (Å²) in [6.07, 6.45) is -4.45. The average molecular weight is 312 g/mol. The number of rotatable bonds is 1. The summed E-state index contributed by atoms with van der Waals surface area (Å²) in [5.74, 6) is -0.422. The van der Waals surface area contributed by atoms with Gasteiger partial charge in [-0.05, 0) is 36.4 Å². The molecule has 0 aliphatic heterocycles. The number of nitrogen functional groups attached to an aromatic ring is 1. The normalized spacial score (nSPS) is 12.0. The number of hydrogen-bond donors (Lipinski definition) is 1. The molecule has 7 heteroatoms. The van der Waals surface area contributed by atoms with Gasteiger partial charge in [0.25, 0.3) is 0 Å². The van der Waals surface area contributed by atoms with E-state index in [0.29, 0.717) is 15.2 Å².